The van der Waals surface area contributed by atoms with Gasteiger partial charge in [-0.2, -0.15) is 9.97 Å². The number of rotatable bonds is 8. The number of aromatic hydroxyl groups is 1. The molecular formula is C41H53F2N5O4. The zero-order chi connectivity index (χ0) is 36.8. The van der Waals surface area contributed by atoms with Crippen LogP contribution in [0.25, 0.3) is 32.9 Å². The molecule has 0 bridgehead atoms. The molecule has 4 aromatic rings. The van der Waals surface area contributed by atoms with E-state index in [0.29, 0.717) is 83.8 Å². The summed E-state index contributed by atoms with van der Waals surface area (Å²) in [5.74, 6) is -0.699. The number of halogens is 2. The van der Waals surface area contributed by atoms with Gasteiger partial charge in [0.05, 0.1) is 23.7 Å². The number of aryl methyl sites for hydroxylation is 1. The van der Waals surface area contributed by atoms with Crippen LogP contribution in [0.2, 0.25) is 0 Å². The fraction of sp³-hybridized carbons (Fsp3) is 0.585. The van der Waals surface area contributed by atoms with Crippen molar-refractivity contribution in [1.29, 1.82) is 0 Å². The van der Waals surface area contributed by atoms with E-state index in [1.165, 1.54) is 12.1 Å². The highest BCUT2D eigenvalue weighted by atomic mass is 19.1. The minimum absolute atomic E-state index is 0.0350. The molecule has 2 N–H and O–H groups in total. The number of ether oxygens (including phenoxy) is 2. The molecule has 4 aliphatic rings. The molecule has 280 valence electrons. The van der Waals surface area contributed by atoms with Crippen LogP contribution in [0.1, 0.15) is 91.0 Å². The lowest BCUT2D eigenvalue weighted by atomic mass is 9.73. The molecular weight excluding hydrogens is 664 g/mol. The van der Waals surface area contributed by atoms with Gasteiger partial charge in [0.2, 0.25) is 0 Å². The lowest BCUT2D eigenvalue weighted by molar-refractivity contribution is -0.0845. The van der Waals surface area contributed by atoms with Crippen molar-refractivity contribution in [2.24, 2.45) is 5.41 Å². The first-order valence-corrected chi connectivity index (χ1v) is 19.3. The van der Waals surface area contributed by atoms with Crippen molar-refractivity contribution >= 4 is 27.5 Å². The first-order chi connectivity index (χ1) is 25.1. The van der Waals surface area contributed by atoms with E-state index in [1.807, 2.05) is 25.7 Å². The number of β-amino-alcohol motifs (C(OH)–C–C–N with tert-alkyl or cyclic N) is 1. The molecule has 2 aliphatic carbocycles. The third-order valence-corrected chi connectivity index (χ3v) is 12.1. The Morgan fingerprint density at radius 3 is 2.54 bits per heavy atom. The summed E-state index contributed by atoms with van der Waals surface area (Å²) in [5, 5.41) is 23.2. The zero-order valence-corrected chi connectivity index (χ0v) is 31.2. The second kappa shape index (κ2) is 14.6. The van der Waals surface area contributed by atoms with Gasteiger partial charge in [-0.15, -0.1) is 0 Å². The molecule has 9 nitrogen and oxygen atoms in total. The Morgan fingerprint density at radius 1 is 1.02 bits per heavy atom. The van der Waals surface area contributed by atoms with Crippen molar-refractivity contribution in [3.63, 3.8) is 0 Å². The predicted molar refractivity (Wildman–Crippen MR) is 200 cm³/mol. The van der Waals surface area contributed by atoms with Gasteiger partial charge in [0, 0.05) is 49.5 Å². The number of benzene rings is 2. The van der Waals surface area contributed by atoms with Crippen molar-refractivity contribution in [3.8, 4) is 23.0 Å². The molecule has 11 heteroatoms. The number of phenols is 1. The van der Waals surface area contributed by atoms with E-state index in [4.69, 9.17) is 19.4 Å². The Kier molecular flexibility index (Phi) is 10.3. The van der Waals surface area contributed by atoms with E-state index >= 15 is 8.78 Å². The van der Waals surface area contributed by atoms with Crippen LogP contribution in [-0.2, 0) is 11.2 Å². The van der Waals surface area contributed by atoms with Crippen LogP contribution in [0, 0.1) is 17.0 Å². The van der Waals surface area contributed by atoms with E-state index in [-0.39, 0.29) is 28.4 Å². The molecule has 0 spiro atoms. The summed E-state index contributed by atoms with van der Waals surface area (Å²) in [5.41, 5.74) is -0.250. The number of likely N-dealkylation sites (tertiary alicyclic amines) is 1. The first kappa shape index (κ1) is 36.7. The van der Waals surface area contributed by atoms with Crippen molar-refractivity contribution < 1.29 is 28.5 Å². The monoisotopic (exact) mass is 717 g/mol. The molecule has 52 heavy (non-hydrogen) atoms. The maximum Gasteiger partial charge on any atom is 0.319 e. The third-order valence-electron chi connectivity index (χ3n) is 12.1. The number of fused-ring (bicyclic) bond motifs is 3. The number of pyridine rings is 1. The highest BCUT2D eigenvalue weighted by molar-refractivity contribution is 6.01. The molecule has 2 aliphatic heterocycles. The highest BCUT2D eigenvalue weighted by Gasteiger charge is 2.51. The molecule has 3 atom stereocenters. The maximum atomic E-state index is 17.0. The summed E-state index contributed by atoms with van der Waals surface area (Å²) < 4.78 is 44.2. The van der Waals surface area contributed by atoms with Gasteiger partial charge in [-0.3, -0.25) is 9.88 Å². The van der Waals surface area contributed by atoms with Crippen LogP contribution >= 0.6 is 0 Å². The number of anilines is 1. The van der Waals surface area contributed by atoms with Gasteiger partial charge < -0.3 is 24.6 Å². The number of nitrogens with zero attached hydrogens (tertiary/aromatic N) is 5. The molecule has 2 aromatic heterocycles. The Hall–Kier alpha value is -3.67. The Bertz CT molecular complexity index is 1940. The van der Waals surface area contributed by atoms with Crippen LogP contribution < -0.4 is 9.64 Å². The number of phenolic OH excluding ortho intramolecular Hbond substituents is 1. The minimum Gasteiger partial charge on any atom is -0.508 e. The number of methoxy groups -OCH3 is 1. The molecule has 4 fully saturated rings. The van der Waals surface area contributed by atoms with Gasteiger partial charge >= 0.3 is 6.01 Å². The van der Waals surface area contributed by atoms with E-state index in [2.05, 4.69) is 9.88 Å². The Morgan fingerprint density at radius 2 is 1.79 bits per heavy atom. The fourth-order valence-corrected chi connectivity index (χ4v) is 9.53. The van der Waals surface area contributed by atoms with E-state index in [1.54, 1.807) is 32.4 Å². The van der Waals surface area contributed by atoms with Crippen molar-refractivity contribution in [1.82, 2.24) is 19.9 Å². The fourth-order valence-electron chi connectivity index (χ4n) is 9.53. The Labute approximate surface area is 305 Å². The number of piperidine rings is 2. The normalized spacial score (nSPS) is 27.6. The van der Waals surface area contributed by atoms with Crippen LogP contribution in [0.4, 0.5) is 14.6 Å². The molecule has 2 saturated heterocycles. The lowest BCUT2D eigenvalue weighted by Gasteiger charge is -2.53. The van der Waals surface area contributed by atoms with Gasteiger partial charge in [0.1, 0.15) is 28.6 Å². The number of aromatic nitrogens is 3. The van der Waals surface area contributed by atoms with Gasteiger partial charge in [-0.25, -0.2) is 8.78 Å². The van der Waals surface area contributed by atoms with Crippen LogP contribution in [0.3, 0.4) is 0 Å². The highest BCUT2D eigenvalue weighted by Crippen LogP contribution is 2.50. The van der Waals surface area contributed by atoms with Crippen LogP contribution in [-0.4, -0.2) is 87.2 Å². The van der Waals surface area contributed by atoms with Crippen molar-refractivity contribution in [2.75, 3.05) is 38.3 Å². The van der Waals surface area contributed by atoms with Gasteiger partial charge in [-0.05, 0) is 106 Å². The molecule has 4 heterocycles. The smallest absolute Gasteiger partial charge is 0.319 e. The van der Waals surface area contributed by atoms with Crippen molar-refractivity contribution in [3.05, 3.63) is 47.7 Å². The van der Waals surface area contributed by atoms with E-state index < -0.39 is 17.2 Å². The van der Waals surface area contributed by atoms with Gasteiger partial charge in [-0.1, -0.05) is 33.3 Å². The standard InChI is InChI=1S/C39H47F2N5O4.C2H6/c1-4-27-30(40)10-9-23-16-25(47)19-28(32(23)27)34-33(41)35-29(20-42-34)36(45-14-6-11-38(2,48)21-45)44-37(43-35)50-22-39-12-5-8-31(39)46(15-7-13-39)24-17-26(18-24)49-3;1-2/h9-10,16,19-20,24,26,31,47-48H,4-8,11-15,17-18,21-22H2,1-3H3;1-2H3. The summed E-state index contributed by atoms with van der Waals surface area (Å²) in [7, 11) is 1.80. The summed E-state index contributed by atoms with van der Waals surface area (Å²) in [4.78, 5) is 18.8. The maximum absolute atomic E-state index is 17.0. The second-order valence-electron chi connectivity index (χ2n) is 15.4. The average Bonchev–Trinajstić information content (AvgIpc) is 3.56. The third kappa shape index (κ3) is 6.57. The number of aliphatic hydroxyl groups is 1. The first-order valence-electron chi connectivity index (χ1n) is 19.3. The molecule has 2 aromatic carbocycles. The molecule has 0 radical (unpaired) electrons. The van der Waals surface area contributed by atoms with Crippen LogP contribution in [0.5, 0.6) is 11.8 Å². The number of hydrogen-bond donors (Lipinski definition) is 2. The van der Waals surface area contributed by atoms with Crippen LogP contribution in [0.15, 0.2) is 30.5 Å². The van der Waals surface area contributed by atoms with Gasteiger partial charge in [0.25, 0.3) is 0 Å². The second-order valence-corrected chi connectivity index (χ2v) is 15.4. The predicted octanol–water partition coefficient (Wildman–Crippen LogP) is 7.96. The topological polar surface area (TPSA) is 104 Å². The summed E-state index contributed by atoms with van der Waals surface area (Å²) in [6.45, 7) is 10.1. The quantitative estimate of drug-likeness (QED) is 0.188. The SMILES string of the molecule is CC.CCc1c(F)ccc2cc(O)cc(-c3ncc4c(N5CCCC(C)(O)C5)nc(OCC56CCCC5N(C5CC(OC)C5)CCC6)nc4c3F)c12. The minimum atomic E-state index is -0.936. The molecule has 2 saturated carbocycles. The average molecular weight is 718 g/mol. The summed E-state index contributed by atoms with van der Waals surface area (Å²) in [6.07, 6.45) is 11.3. The molecule has 0 amide bonds. The largest absolute Gasteiger partial charge is 0.508 e. The zero-order valence-electron chi connectivity index (χ0n) is 31.2. The molecule has 3 unspecified atom stereocenters. The Balaban J connectivity index is 0.00000207. The van der Waals surface area contributed by atoms with Gasteiger partial charge in [0.15, 0.2) is 5.82 Å². The summed E-state index contributed by atoms with van der Waals surface area (Å²) >= 11 is 0. The summed E-state index contributed by atoms with van der Waals surface area (Å²) in [6, 6.07) is 6.98. The molecule has 8 rings (SSSR count). The van der Waals surface area contributed by atoms with E-state index in [0.717, 1.165) is 57.9 Å². The number of hydrogen-bond acceptors (Lipinski definition) is 9. The lowest BCUT2D eigenvalue weighted by Crippen LogP contribution is -2.59. The van der Waals surface area contributed by atoms with E-state index in [9.17, 15) is 10.2 Å². The van der Waals surface area contributed by atoms with Crippen molar-refractivity contribution in [2.45, 2.75) is 116 Å².